The molecule has 5 heteroatoms. The molecule has 2 heterocycles. The number of benzene rings is 1. The van der Waals surface area contributed by atoms with Crippen LogP contribution in [0.25, 0.3) is 0 Å². The van der Waals surface area contributed by atoms with E-state index in [2.05, 4.69) is 34.7 Å². The average Bonchev–Trinajstić information content (AvgIpc) is 3.35. The minimum atomic E-state index is 0.0832. The minimum Gasteiger partial charge on any atom is -0.484 e. The van der Waals surface area contributed by atoms with Crippen LogP contribution >= 0.6 is 11.3 Å². The number of piperidine rings is 1. The molecule has 4 rings (SSSR count). The number of nitrogens with zero attached hydrogens (tertiary/aromatic N) is 1. The number of amides is 1. The third-order valence-corrected chi connectivity index (χ3v) is 8.40. The Morgan fingerprint density at radius 2 is 1.67 bits per heavy atom. The first-order valence-corrected chi connectivity index (χ1v) is 13.8. The van der Waals surface area contributed by atoms with Crippen LogP contribution in [0.1, 0.15) is 81.1 Å². The van der Waals surface area contributed by atoms with Crippen molar-refractivity contribution in [3.05, 3.63) is 52.2 Å². The number of thiophene rings is 1. The first-order valence-electron chi connectivity index (χ1n) is 12.9. The molecule has 1 aromatic carbocycles. The maximum absolute atomic E-state index is 13.7. The van der Waals surface area contributed by atoms with Gasteiger partial charge in [0.15, 0.2) is 6.61 Å². The lowest BCUT2D eigenvalue weighted by Gasteiger charge is -2.50. The highest BCUT2D eigenvalue weighted by Gasteiger charge is 2.44. The molecule has 1 aliphatic carbocycles. The first kappa shape index (κ1) is 24.3. The summed E-state index contributed by atoms with van der Waals surface area (Å²) in [5, 5.41) is 5.92. The van der Waals surface area contributed by atoms with Crippen LogP contribution in [0.3, 0.4) is 0 Å². The zero-order valence-electron chi connectivity index (χ0n) is 20.2. The van der Waals surface area contributed by atoms with Gasteiger partial charge in [0.25, 0.3) is 5.91 Å². The Bertz CT molecular complexity index is 839. The van der Waals surface area contributed by atoms with Gasteiger partial charge in [0.2, 0.25) is 0 Å². The van der Waals surface area contributed by atoms with Gasteiger partial charge in [0.1, 0.15) is 5.75 Å². The van der Waals surface area contributed by atoms with Gasteiger partial charge < -0.3 is 9.64 Å². The van der Waals surface area contributed by atoms with Gasteiger partial charge in [-0.1, -0.05) is 68.7 Å². The molecule has 0 radical (unpaired) electrons. The number of nitrogens with one attached hydrogen (secondary N) is 1. The number of hydrogen-bond donors (Lipinski definition) is 1. The third kappa shape index (κ3) is 6.60. The standard InChI is InChI=1S/C28H40N2O2S/c1-23-12-14-24(15-13-23)32-22-26(31)30(21-25-11-9-20-33-25)27-28(18-10-19-29-27)16-7-5-3-2-4-6-8-17-28/h9,11-15,20,27,29H,2-8,10,16-19,21-22H2,1H3. The Labute approximate surface area is 203 Å². The van der Waals surface area contributed by atoms with E-state index >= 15 is 0 Å². The van der Waals surface area contributed by atoms with Crippen molar-refractivity contribution in [3.63, 3.8) is 0 Å². The number of carbonyl (C=O) groups is 1. The second-order valence-corrected chi connectivity index (χ2v) is 11.0. The monoisotopic (exact) mass is 468 g/mol. The molecule has 1 saturated heterocycles. The summed E-state index contributed by atoms with van der Waals surface area (Å²) in [6, 6.07) is 12.2. The number of ether oxygens (including phenoxy) is 1. The van der Waals surface area contributed by atoms with Crippen LogP contribution in [0.2, 0.25) is 0 Å². The van der Waals surface area contributed by atoms with E-state index in [1.54, 1.807) is 11.3 Å². The Hall–Kier alpha value is -1.85. The van der Waals surface area contributed by atoms with Crippen molar-refractivity contribution in [2.75, 3.05) is 13.2 Å². The van der Waals surface area contributed by atoms with Gasteiger partial charge in [-0.3, -0.25) is 10.1 Å². The fourth-order valence-corrected chi connectivity index (χ4v) is 6.42. The first-order chi connectivity index (χ1) is 16.2. The van der Waals surface area contributed by atoms with Gasteiger partial charge >= 0.3 is 0 Å². The molecule has 4 nitrogen and oxygen atoms in total. The van der Waals surface area contributed by atoms with Crippen LogP contribution < -0.4 is 10.1 Å². The van der Waals surface area contributed by atoms with Crippen LogP contribution in [-0.2, 0) is 11.3 Å². The Morgan fingerprint density at radius 1 is 1.00 bits per heavy atom. The second kappa shape index (κ2) is 12.0. The van der Waals surface area contributed by atoms with E-state index in [1.807, 2.05) is 24.3 Å². The number of hydrogen-bond acceptors (Lipinski definition) is 4. The fourth-order valence-electron chi connectivity index (χ4n) is 5.72. The van der Waals surface area contributed by atoms with E-state index in [-0.39, 0.29) is 24.1 Å². The van der Waals surface area contributed by atoms with Gasteiger partial charge in [-0.05, 0) is 62.7 Å². The smallest absolute Gasteiger partial charge is 0.262 e. The van der Waals surface area contributed by atoms with Crippen LogP contribution in [-0.4, -0.2) is 30.1 Å². The van der Waals surface area contributed by atoms with Gasteiger partial charge in [0.05, 0.1) is 12.7 Å². The summed E-state index contributed by atoms with van der Waals surface area (Å²) in [7, 11) is 0. The summed E-state index contributed by atoms with van der Waals surface area (Å²) in [4.78, 5) is 17.0. The summed E-state index contributed by atoms with van der Waals surface area (Å²) >= 11 is 1.73. The molecular formula is C28H40N2O2S. The molecule has 180 valence electrons. The zero-order chi connectivity index (χ0) is 22.9. The molecule has 2 aliphatic rings. The predicted molar refractivity (Wildman–Crippen MR) is 137 cm³/mol. The summed E-state index contributed by atoms with van der Waals surface area (Å²) < 4.78 is 5.96. The molecule has 1 unspecified atom stereocenters. The van der Waals surface area contributed by atoms with Gasteiger partial charge in [-0.25, -0.2) is 0 Å². The number of aryl methyl sites for hydroxylation is 1. The molecule has 1 atom stereocenters. The highest BCUT2D eigenvalue weighted by molar-refractivity contribution is 7.09. The van der Waals surface area contributed by atoms with Gasteiger partial charge in [-0.15, -0.1) is 11.3 Å². The van der Waals surface area contributed by atoms with Gasteiger partial charge in [-0.2, -0.15) is 0 Å². The maximum atomic E-state index is 13.7. The van der Waals surface area contributed by atoms with Crippen molar-refractivity contribution in [3.8, 4) is 5.75 Å². The summed E-state index contributed by atoms with van der Waals surface area (Å²) in [5.41, 5.74) is 1.36. The van der Waals surface area contributed by atoms with Crippen molar-refractivity contribution >= 4 is 17.2 Å². The number of rotatable bonds is 6. The average molecular weight is 469 g/mol. The molecule has 33 heavy (non-hydrogen) atoms. The fraction of sp³-hybridized carbons (Fsp3) is 0.607. The van der Waals surface area contributed by atoms with E-state index in [1.165, 1.54) is 81.1 Å². The van der Waals surface area contributed by atoms with Crippen molar-refractivity contribution < 1.29 is 9.53 Å². The third-order valence-electron chi connectivity index (χ3n) is 7.54. The van der Waals surface area contributed by atoms with Crippen LogP contribution in [0, 0.1) is 12.3 Å². The SMILES string of the molecule is Cc1ccc(OCC(=O)N(Cc2cccs2)C2NCCCC23CCCCCCCCC3)cc1. The largest absolute Gasteiger partial charge is 0.484 e. The molecule has 2 aromatic rings. The molecular weight excluding hydrogens is 428 g/mol. The molecule has 1 N–H and O–H groups in total. The van der Waals surface area contributed by atoms with E-state index < -0.39 is 0 Å². The summed E-state index contributed by atoms with van der Waals surface area (Å²) in [6.07, 6.45) is 14.2. The Balaban J connectivity index is 1.55. The molecule has 1 aliphatic heterocycles. The van der Waals surface area contributed by atoms with Crippen molar-refractivity contribution in [2.45, 2.75) is 90.3 Å². The topological polar surface area (TPSA) is 41.6 Å². The molecule has 1 aromatic heterocycles. The molecule has 2 fully saturated rings. The molecule has 1 amide bonds. The highest BCUT2D eigenvalue weighted by atomic mass is 32.1. The predicted octanol–water partition coefficient (Wildman–Crippen LogP) is 6.68. The van der Waals surface area contributed by atoms with E-state index in [4.69, 9.17) is 4.74 Å². The molecule has 1 saturated carbocycles. The second-order valence-electron chi connectivity index (χ2n) is 10.0. The van der Waals surface area contributed by atoms with Crippen LogP contribution in [0.4, 0.5) is 0 Å². The van der Waals surface area contributed by atoms with E-state index in [0.29, 0.717) is 6.54 Å². The lowest BCUT2D eigenvalue weighted by Crippen LogP contribution is -2.61. The lowest BCUT2D eigenvalue weighted by molar-refractivity contribution is -0.143. The lowest BCUT2D eigenvalue weighted by atomic mass is 9.69. The minimum absolute atomic E-state index is 0.0832. The van der Waals surface area contributed by atoms with Crippen LogP contribution in [0.5, 0.6) is 5.75 Å². The molecule has 1 spiro atoms. The summed E-state index contributed by atoms with van der Waals surface area (Å²) in [5.74, 6) is 0.842. The van der Waals surface area contributed by atoms with Crippen LogP contribution in [0.15, 0.2) is 41.8 Å². The zero-order valence-corrected chi connectivity index (χ0v) is 21.0. The van der Waals surface area contributed by atoms with Crippen molar-refractivity contribution in [1.29, 1.82) is 0 Å². The van der Waals surface area contributed by atoms with Crippen molar-refractivity contribution in [2.24, 2.45) is 5.41 Å². The van der Waals surface area contributed by atoms with Crippen molar-refractivity contribution in [1.82, 2.24) is 10.2 Å². The Morgan fingerprint density at radius 3 is 2.33 bits per heavy atom. The Kier molecular flexibility index (Phi) is 8.85. The number of carbonyl (C=O) groups excluding carboxylic acids is 1. The normalized spacial score (nSPS) is 21.4. The van der Waals surface area contributed by atoms with Gasteiger partial charge in [0, 0.05) is 10.3 Å². The maximum Gasteiger partial charge on any atom is 0.262 e. The highest BCUT2D eigenvalue weighted by Crippen LogP contribution is 2.44. The van der Waals surface area contributed by atoms with E-state index in [0.717, 1.165) is 12.3 Å². The van der Waals surface area contributed by atoms with E-state index in [9.17, 15) is 4.79 Å². The quantitative estimate of drug-likeness (QED) is 0.514. The molecule has 0 bridgehead atoms. The summed E-state index contributed by atoms with van der Waals surface area (Å²) in [6.45, 7) is 3.79.